The first-order valence-electron chi connectivity index (χ1n) is 14.1. The second-order valence-corrected chi connectivity index (χ2v) is 10.3. The molecule has 0 saturated carbocycles. The van der Waals surface area contributed by atoms with Crippen LogP contribution in [0, 0.1) is 0 Å². The Morgan fingerprint density at radius 2 is 0.857 bits per heavy atom. The first-order valence-corrected chi connectivity index (χ1v) is 14.1. The van der Waals surface area contributed by atoms with Crippen molar-refractivity contribution in [2.24, 2.45) is 0 Å². The quantitative estimate of drug-likeness (QED) is 0.166. The Bertz CT molecular complexity index is 1460. The third kappa shape index (κ3) is 6.65. The summed E-state index contributed by atoms with van der Waals surface area (Å²) in [6.07, 6.45) is 0.541. The van der Waals surface area contributed by atoms with E-state index in [1.807, 2.05) is 115 Å². The zero-order valence-electron chi connectivity index (χ0n) is 23.3. The zero-order chi connectivity index (χ0) is 29.2. The van der Waals surface area contributed by atoms with Crippen molar-refractivity contribution < 1.29 is 14.7 Å². The van der Waals surface area contributed by atoms with Gasteiger partial charge in [-0.25, -0.2) is 4.79 Å². The summed E-state index contributed by atoms with van der Waals surface area (Å²) in [5.41, 5.74) is 3.79. The lowest BCUT2D eigenvalue weighted by Crippen LogP contribution is -2.58. The molecule has 5 nitrogen and oxygen atoms in total. The van der Waals surface area contributed by atoms with E-state index in [2.05, 4.69) is 47.0 Å². The number of nitrogens with one attached hydrogen (secondary N) is 2. The van der Waals surface area contributed by atoms with Gasteiger partial charge >= 0.3 is 5.97 Å². The van der Waals surface area contributed by atoms with Gasteiger partial charge in [0.15, 0.2) is 0 Å². The molecule has 42 heavy (non-hydrogen) atoms. The van der Waals surface area contributed by atoms with Crippen molar-refractivity contribution in [1.29, 1.82) is 0 Å². The number of rotatable bonds is 12. The van der Waals surface area contributed by atoms with Crippen LogP contribution >= 0.6 is 0 Å². The van der Waals surface area contributed by atoms with Gasteiger partial charge < -0.3 is 10.4 Å². The SMILES string of the molecule is O=C(O)[C@H](Cc1ccccc1)NC(=O)[C@H](Cc1ccccc1)NC(c1ccccc1)(c1ccccc1)c1ccccc1. The summed E-state index contributed by atoms with van der Waals surface area (Å²) < 4.78 is 0. The second kappa shape index (κ2) is 13.6. The van der Waals surface area contributed by atoms with Gasteiger partial charge in [-0.15, -0.1) is 0 Å². The van der Waals surface area contributed by atoms with Gasteiger partial charge in [-0.3, -0.25) is 10.1 Å². The van der Waals surface area contributed by atoms with Crippen molar-refractivity contribution in [1.82, 2.24) is 10.6 Å². The Labute approximate surface area is 246 Å². The van der Waals surface area contributed by atoms with Crippen molar-refractivity contribution in [2.75, 3.05) is 0 Å². The van der Waals surface area contributed by atoms with E-state index in [0.29, 0.717) is 6.42 Å². The molecule has 1 amide bonds. The maximum atomic E-state index is 14.2. The van der Waals surface area contributed by atoms with Crippen molar-refractivity contribution in [3.05, 3.63) is 179 Å². The molecule has 0 aliphatic heterocycles. The average molecular weight is 555 g/mol. The van der Waals surface area contributed by atoms with Crippen LogP contribution in [0.1, 0.15) is 27.8 Å². The van der Waals surface area contributed by atoms with E-state index in [4.69, 9.17) is 0 Å². The molecule has 0 fully saturated rings. The Morgan fingerprint density at radius 1 is 0.524 bits per heavy atom. The van der Waals surface area contributed by atoms with Crippen LogP contribution in [0.3, 0.4) is 0 Å². The van der Waals surface area contributed by atoms with E-state index < -0.39 is 23.6 Å². The molecule has 5 aromatic rings. The zero-order valence-corrected chi connectivity index (χ0v) is 23.3. The van der Waals surface area contributed by atoms with Crippen molar-refractivity contribution in [3.8, 4) is 0 Å². The summed E-state index contributed by atoms with van der Waals surface area (Å²) >= 11 is 0. The molecule has 0 aromatic heterocycles. The van der Waals surface area contributed by atoms with Gasteiger partial charge in [0.05, 0.1) is 11.6 Å². The molecule has 2 atom stereocenters. The maximum Gasteiger partial charge on any atom is 0.326 e. The number of amides is 1. The van der Waals surface area contributed by atoms with Crippen LogP contribution in [0.15, 0.2) is 152 Å². The maximum absolute atomic E-state index is 14.2. The minimum absolute atomic E-state index is 0.182. The Balaban J connectivity index is 1.60. The van der Waals surface area contributed by atoms with Crippen molar-refractivity contribution >= 4 is 11.9 Å². The molecular formula is C37H34N2O3. The number of hydrogen-bond acceptors (Lipinski definition) is 3. The van der Waals surface area contributed by atoms with Gasteiger partial charge in [-0.2, -0.15) is 0 Å². The molecule has 0 aliphatic rings. The molecule has 0 saturated heterocycles. The van der Waals surface area contributed by atoms with Crippen molar-refractivity contribution in [3.63, 3.8) is 0 Å². The topological polar surface area (TPSA) is 78.4 Å². The summed E-state index contributed by atoms with van der Waals surface area (Å²) in [6.45, 7) is 0. The van der Waals surface area contributed by atoms with Crippen LogP contribution in [0.25, 0.3) is 0 Å². The number of carboxylic acid groups (broad SMARTS) is 1. The standard InChI is InChI=1S/C37H34N2O3/c40-35(38-34(36(41)42)27-29-18-8-2-9-19-29)33(26-28-16-6-1-7-17-28)39-37(30-20-10-3-11-21-30,31-22-12-4-13-23-31)32-24-14-5-15-25-32/h1-25,33-34,39H,26-27H2,(H,38,40)(H,41,42)/t33-,34-/m0/s1. The van der Waals surface area contributed by atoms with Gasteiger partial charge in [0.1, 0.15) is 6.04 Å². The molecule has 0 aliphatic carbocycles. The molecular weight excluding hydrogens is 520 g/mol. The molecule has 3 N–H and O–H groups in total. The lowest BCUT2D eigenvalue weighted by Gasteiger charge is -2.40. The molecule has 5 rings (SSSR count). The highest BCUT2D eigenvalue weighted by Gasteiger charge is 2.40. The Morgan fingerprint density at radius 3 is 1.21 bits per heavy atom. The Kier molecular flexibility index (Phi) is 9.22. The summed E-state index contributed by atoms with van der Waals surface area (Å²) in [4.78, 5) is 26.5. The van der Waals surface area contributed by atoms with Gasteiger partial charge in [0, 0.05) is 6.42 Å². The van der Waals surface area contributed by atoms with Crippen LogP contribution in [0.2, 0.25) is 0 Å². The molecule has 0 bridgehead atoms. The van der Waals surface area contributed by atoms with E-state index >= 15 is 0 Å². The first kappa shape index (κ1) is 28.5. The van der Waals surface area contributed by atoms with Crippen LogP contribution in [-0.2, 0) is 28.0 Å². The van der Waals surface area contributed by atoms with Crippen LogP contribution in [0.4, 0.5) is 0 Å². The number of carbonyl (C=O) groups is 2. The number of benzene rings is 5. The van der Waals surface area contributed by atoms with E-state index in [0.717, 1.165) is 27.8 Å². The number of carboxylic acids is 1. The normalized spacial score (nSPS) is 12.7. The van der Waals surface area contributed by atoms with E-state index in [-0.39, 0.29) is 12.3 Å². The number of carbonyl (C=O) groups excluding carboxylic acids is 1. The fourth-order valence-corrected chi connectivity index (χ4v) is 5.46. The smallest absolute Gasteiger partial charge is 0.326 e. The number of hydrogen-bond donors (Lipinski definition) is 3. The molecule has 0 radical (unpaired) electrons. The molecule has 0 heterocycles. The van der Waals surface area contributed by atoms with E-state index in [1.165, 1.54) is 0 Å². The summed E-state index contributed by atoms with van der Waals surface area (Å²) in [6, 6.07) is 47.5. The molecule has 0 spiro atoms. The first-order chi connectivity index (χ1) is 20.6. The summed E-state index contributed by atoms with van der Waals surface area (Å²) in [5, 5.41) is 16.7. The van der Waals surface area contributed by atoms with Gasteiger partial charge in [-0.05, 0) is 34.2 Å². The second-order valence-electron chi connectivity index (χ2n) is 10.3. The van der Waals surface area contributed by atoms with Gasteiger partial charge in [0.2, 0.25) is 5.91 Å². The third-order valence-corrected chi connectivity index (χ3v) is 7.51. The van der Waals surface area contributed by atoms with Crippen LogP contribution in [0.5, 0.6) is 0 Å². The third-order valence-electron chi connectivity index (χ3n) is 7.51. The lowest BCUT2D eigenvalue weighted by atomic mass is 9.76. The highest BCUT2D eigenvalue weighted by molar-refractivity contribution is 5.87. The lowest BCUT2D eigenvalue weighted by molar-refractivity contribution is -0.142. The van der Waals surface area contributed by atoms with E-state index in [9.17, 15) is 14.7 Å². The molecule has 0 unspecified atom stereocenters. The van der Waals surface area contributed by atoms with Gasteiger partial charge in [-0.1, -0.05) is 152 Å². The minimum atomic E-state index is -1.08. The van der Waals surface area contributed by atoms with Gasteiger partial charge in [0.25, 0.3) is 0 Å². The molecule has 5 heteroatoms. The van der Waals surface area contributed by atoms with Crippen LogP contribution in [-0.4, -0.2) is 29.1 Å². The largest absolute Gasteiger partial charge is 0.480 e. The number of aliphatic carboxylic acids is 1. The fourth-order valence-electron chi connectivity index (χ4n) is 5.46. The highest BCUT2D eigenvalue weighted by Crippen LogP contribution is 2.37. The summed E-state index contributed by atoms with van der Waals surface area (Å²) in [7, 11) is 0. The highest BCUT2D eigenvalue weighted by atomic mass is 16.4. The van der Waals surface area contributed by atoms with Crippen molar-refractivity contribution in [2.45, 2.75) is 30.5 Å². The van der Waals surface area contributed by atoms with Crippen LogP contribution < -0.4 is 10.6 Å². The van der Waals surface area contributed by atoms with E-state index in [1.54, 1.807) is 0 Å². The average Bonchev–Trinajstić information content (AvgIpc) is 3.05. The fraction of sp³-hybridized carbons (Fsp3) is 0.135. The predicted molar refractivity (Wildman–Crippen MR) is 166 cm³/mol. The Hall–Kier alpha value is -5.00. The predicted octanol–water partition coefficient (Wildman–Crippen LogP) is 5.99. The minimum Gasteiger partial charge on any atom is -0.480 e. The molecule has 5 aromatic carbocycles. The monoisotopic (exact) mass is 554 g/mol. The summed E-state index contributed by atoms with van der Waals surface area (Å²) in [5.74, 6) is -1.46. The molecule has 210 valence electrons.